The van der Waals surface area contributed by atoms with Crippen molar-refractivity contribution in [3.8, 4) is 0 Å². The number of amides is 2. The Labute approximate surface area is 183 Å². The summed E-state index contributed by atoms with van der Waals surface area (Å²) in [7, 11) is 3.55. The van der Waals surface area contributed by atoms with E-state index in [4.69, 9.17) is 20.8 Å². The third kappa shape index (κ3) is 6.64. The fraction of sp³-hybridized carbons (Fsp3) is 0.545. The molecule has 0 fully saturated rings. The van der Waals surface area contributed by atoms with Crippen LogP contribution in [-0.4, -0.2) is 58.9 Å². The number of aryl methyl sites for hydroxylation is 1. The summed E-state index contributed by atoms with van der Waals surface area (Å²) in [6.07, 6.45) is 4.17. The number of methoxy groups -OCH3 is 1. The molecule has 0 spiro atoms. The average molecular weight is 438 g/mol. The van der Waals surface area contributed by atoms with E-state index in [9.17, 15) is 9.59 Å². The molecule has 2 heterocycles. The Morgan fingerprint density at radius 3 is 2.53 bits per heavy atom. The first-order chi connectivity index (χ1) is 14.3. The first-order valence-corrected chi connectivity index (χ1v) is 10.6. The smallest absolute Gasteiger partial charge is 0.242 e. The van der Waals surface area contributed by atoms with Crippen molar-refractivity contribution in [3.63, 3.8) is 0 Å². The van der Waals surface area contributed by atoms with Gasteiger partial charge < -0.3 is 23.5 Å². The van der Waals surface area contributed by atoms with Gasteiger partial charge in [-0.05, 0) is 44.5 Å². The highest BCUT2D eigenvalue weighted by molar-refractivity contribution is 6.19. The van der Waals surface area contributed by atoms with Crippen LogP contribution in [0.25, 0.3) is 0 Å². The zero-order valence-electron chi connectivity index (χ0n) is 18.3. The van der Waals surface area contributed by atoms with Gasteiger partial charge in [-0.3, -0.25) is 9.59 Å². The van der Waals surface area contributed by atoms with Crippen LogP contribution in [0.5, 0.6) is 0 Å². The Hall–Kier alpha value is -2.25. The van der Waals surface area contributed by atoms with Gasteiger partial charge >= 0.3 is 0 Å². The number of furan rings is 1. The predicted molar refractivity (Wildman–Crippen MR) is 116 cm³/mol. The van der Waals surface area contributed by atoms with Gasteiger partial charge in [0, 0.05) is 45.1 Å². The van der Waals surface area contributed by atoms with Crippen molar-refractivity contribution >= 4 is 23.4 Å². The lowest BCUT2D eigenvalue weighted by molar-refractivity contribution is -0.146. The van der Waals surface area contributed by atoms with E-state index in [2.05, 4.69) is 0 Å². The lowest BCUT2D eigenvalue weighted by Crippen LogP contribution is -2.48. The summed E-state index contributed by atoms with van der Waals surface area (Å²) in [5.41, 5.74) is 0.243. The van der Waals surface area contributed by atoms with Crippen molar-refractivity contribution in [2.45, 2.75) is 33.4 Å². The standard InChI is InChI=1S/C22H32ClN3O4/c1-22(2,17-23)21(28)25(11-7-12-29-4)16-20(27)26(15-19-9-6-13-30-19)14-18-8-5-10-24(18)3/h5-6,8-10,13H,7,11-12,14-17H2,1-4H3. The summed E-state index contributed by atoms with van der Waals surface area (Å²) in [5.74, 6) is 0.582. The maximum atomic E-state index is 13.3. The first-order valence-electron chi connectivity index (χ1n) is 10.0. The number of carbonyl (C=O) groups is 2. The number of carbonyl (C=O) groups excluding carboxylic acids is 2. The second kappa shape index (κ2) is 11.2. The van der Waals surface area contributed by atoms with Crippen LogP contribution in [0.2, 0.25) is 0 Å². The fourth-order valence-corrected chi connectivity index (χ4v) is 3.19. The SMILES string of the molecule is COCCCN(CC(=O)N(Cc1ccco1)Cc1cccn1C)C(=O)C(C)(C)CCl. The fourth-order valence-electron chi connectivity index (χ4n) is 3.08. The molecule has 8 heteroatoms. The second-order valence-electron chi connectivity index (χ2n) is 8.03. The van der Waals surface area contributed by atoms with Gasteiger partial charge in [0.2, 0.25) is 11.8 Å². The molecule has 0 aliphatic rings. The van der Waals surface area contributed by atoms with Crippen molar-refractivity contribution < 1.29 is 18.7 Å². The van der Waals surface area contributed by atoms with Gasteiger partial charge in [-0.1, -0.05) is 0 Å². The average Bonchev–Trinajstić information content (AvgIpc) is 3.38. The maximum Gasteiger partial charge on any atom is 0.242 e. The molecule has 0 N–H and O–H groups in total. The van der Waals surface area contributed by atoms with E-state index < -0.39 is 5.41 Å². The normalized spacial score (nSPS) is 11.5. The highest BCUT2D eigenvalue weighted by Gasteiger charge is 2.33. The molecule has 2 aromatic rings. The van der Waals surface area contributed by atoms with Crippen LogP contribution in [-0.2, 0) is 34.5 Å². The summed E-state index contributed by atoms with van der Waals surface area (Å²) in [5, 5.41) is 0. The van der Waals surface area contributed by atoms with Crippen LogP contribution in [0.15, 0.2) is 41.1 Å². The van der Waals surface area contributed by atoms with E-state index in [0.717, 1.165) is 5.69 Å². The number of rotatable bonds is 12. The molecule has 0 aliphatic heterocycles. The minimum absolute atomic E-state index is 0.0198. The van der Waals surface area contributed by atoms with Gasteiger partial charge in [-0.25, -0.2) is 0 Å². The topological polar surface area (TPSA) is 67.9 Å². The molecule has 0 unspecified atom stereocenters. The van der Waals surface area contributed by atoms with Crippen molar-refractivity contribution in [1.82, 2.24) is 14.4 Å². The van der Waals surface area contributed by atoms with Gasteiger partial charge in [-0.2, -0.15) is 0 Å². The molecule has 166 valence electrons. The number of nitrogens with zero attached hydrogens (tertiary/aromatic N) is 3. The zero-order chi connectivity index (χ0) is 22.1. The summed E-state index contributed by atoms with van der Waals surface area (Å²) in [4.78, 5) is 29.6. The molecule has 0 radical (unpaired) electrons. The van der Waals surface area contributed by atoms with Gasteiger partial charge in [-0.15, -0.1) is 11.6 Å². The van der Waals surface area contributed by atoms with E-state index in [-0.39, 0.29) is 24.2 Å². The molecule has 2 amide bonds. The zero-order valence-corrected chi connectivity index (χ0v) is 19.0. The van der Waals surface area contributed by atoms with Crippen molar-refractivity contribution in [2.24, 2.45) is 12.5 Å². The summed E-state index contributed by atoms with van der Waals surface area (Å²) in [6, 6.07) is 7.54. The highest BCUT2D eigenvalue weighted by Crippen LogP contribution is 2.21. The number of aromatic nitrogens is 1. The molecule has 0 atom stereocenters. The number of hydrogen-bond donors (Lipinski definition) is 0. The van der Waals surface area contributed by atoms with Gasteiger partial charge in [0.05, 0.1) is 31.3 Å². The minimum Gasteiger partial charge on any atom is -0.467 e. The molecule has 30 heavy (non-hydrogen) atoms. The molecular formula is C22H32ClN3O4. The van der Waals surface area contributed by atoms with Crippen LogP contribution < -0.4 is 0 Å². The van der Waals surface area contributed by atoms with Crippen molar-refractivity contribution in [1.29, 1.82) is 0 Å². The molecule has 2 aromatic heterocycles. The first kappa shape index (κ1) is 24.0. The quantitative estimate of drug-likeness (QED) is 0.377. The Morgan fingerprint density at radius 2 is 1.97 bits per heavy atom. The predicted octanol–water partition coefficient (Wildman–Crippen LogP) is 3.28. The van der Waals surface area contributed by atoms with E-state index in [0.29, 0.717) is 38.4 Å². The molecule has 7 nitrogen and oxygen atoms in total. The van der Waals surface area contributed by atoms with Crippen LogP contribution >= 0.6 is 11.6 Å². The van der Waals surface area contributed by atoms with Crippen molar-refractivity contribution in [3.05, 3.63) is 48.2 Å². The third-order valence-electron chi connectivity index (χ3n) is 4.99. The lowest BCUT2D eigenvalue weighted by Gasteiger charge is -2.32. The summed E-state index contributed by atoms with van der Waals surface area (Å²) >= 11 is 6.02. The molecule has 0 aliphatic carbocycles. The van der Waals surface area contributed by atoms with Crippen LogP contribution in [0.3, 0.4) is 0 Å². The van der Waals surface area contributed by atoms with Crippen LogP contribution in [0, 0.1) is 5.41 Å². The molecular weight excluding hydrogens is 406 g/mol. The Bertz CT molecular complexity index is 801. The number of alkyl halides is 1. The minimum atomic E-state index is -0.751. The van der Waals surface area contributed by atoms with E-state index in [1.54, 1.807) is 43.1 Å². The molecule has 0 bridgehead atoms. The second-order valence-corrected chi connectivity index (χ2v) is 8.30. The number of hydrogen-bond acceptors (Lipinski definition) is 4. The van der Waals surface area contributed by atoms with Crippen LogP contribution in [0.1, 0.15) is 31.7 Å². The highest BCUT2D eigenvalue weighted by atomic mass is 35.5. The van der Waals surface area contributed by atoms with Gasteiger partial charge in [0.1, 0.15) is 5.76 Å². The Balaban J connectivity index is 2.19. The van der Waals surface area contributed by atoms with E-state index in [1.807, 2.05) is 36.0 Å². The summed E-state index contributed by atoms with van der Waals surface area (Å²) < 4.78 is 12.5. The lowest BCUT2D eigenvalue weighted by atomic mass is 9.94. The Morgan fingerprint density at radius 1 is 1.20 bits per heavy atom. The molecule has 0 saturated carbocycles. The largest absolute Gasteiger partial charge is 0.467 e. The number of halogens is 1. The Kier molecular flexibility index (Phi) is 8.99. The van der Waals surface area contributed by atoms with Crippen LogP contribution in [0.4, 0.5) is 0 Å². The summed E-state index contributed by atoms with van der Waals surface area (Å²) in [6.45, 7) is 5.25. The maximum absolute atomic E-state index is 13.3. The van der Waals surface area contributed by atoms with Gasteiger partial charge in [0.25, 0.3) is 0 Å². The molecule has 0 saturated heterocycles. The van der Waals surface area contributed by atoms with Crippen molar-refractivity contribution in [2.75, 3.05) is 32.7 Å². The monoisotopic (exact) mass is 437 g/mol. The van der Waals surface area contributed by atoms with E-state index in [1.165, 1.54) is 0 Å². The van der Waals surface area contributed by atoms with Gasteiger partial charge in [0.15, 0.2) is 0 Å². The number of ether oxygens (including phenoxy) is 1. The molecule has 0 aromatic carbocycles. The molecule has 2 rings (SSSR count). The third-order valence-corrected chi connectivity index (χ3v) is 5.65. The van der Waals surface area contributed by atoms with E-state index >= 15 is 0 Å².